The monoisotopic (exact) mass is 335 g/mol. The summed E-state index contributed by atoms with van der Waals surface area (Å²) in [6, 6.07) is 16.7. The van der Waals surface area contributed by atoms with E-state index >= 15 is 0 Å². The number of anilines is 2. The summed E-state index contributed by atoms with van der Waals surface area (Å²) >= 11 is 5.13. The molecule has 1 N–H and O–H groups in total. The Morgan fingerprint density at radius 1 is 1.00 bits per heavy atom. The maximum Gasteiger partial charge on any atom is 0.0815 e. The molecule has 4 heteroatoms. The molecule has 1 heterocycles. The number of hydrogen-bond donors (Lipinski definition) is 1. The summed E-state index contributed by atoms with van der Waals surface area (Å²) in [4.78, 5) is 4.68. The zero-order valence-electron chi connectivity index (χ0n) is 10.3. The average Bonchev–Trinajstić information content (AvgIpc) is 2.46. The summed E-state index contributed by atoms with van der Waals surface area (Å²) in [5.41, 5.74) is 2.34. The Bertz CT molecular complexity index is 544. The summed E-state index contributed by atoms with van der Waals surface area (Å²) in [5, 5.41) is 10.6. The van der Waals surface area contributed by atoms with Gasteiger partial charge in [0.2, 0.25) is 0 Å². The molecule has 0 amide bonds. The molecule has 0 aromatic heterocycles. The summed E-state index contributed by atoms with van der Waals surface area (Å²) < 4.78 is 0. The Kier molecular flexibility index (Phi) is 3.82. The zero-order valence-corrected chi connectivity index (χ0v) is 12.7. The minimum Gasteiger partial charge on any atom is -0.390 e. The van der Waals surface area contributed by atoms with Gasteiger partial charge in [0.15, 0.2) is 0 Å². The molecule has 0 bridgehead atoms. The van der Waals surface area contributed by atoms with E-state index in [0.717, 1.165) is 0 Å². The number of aliphatic hydroxyl groups excluding tert-OH is 1. The van der Waals surface area contributed by atoms with Gasteiger partial charge in [-0.2, -0.15) is 0 Å². The van der Waals surface area contributed by atoms with Crippen molar-refractivity contribution in [3.05, 3.63) is 48.5 Å². The number of fused-ring (bicyclic) bond motifs is 2. The Balaban J connectivity index is 2.06. The first kappa shape index (κ1) is 13.0. The quantitative estimate of drug-likeness (QED) is 0.856. The van der Waals surface area contributed by atoms with Crippen LogP contribution in [0.1, 0.15) is 0 Å². The van der Waals surface area contributed by atoms with Crippen LogP contribution in [0.3, 0.4) is 0 Å². The fourth-order valence-electron chi connectivity index (χ4n) is 2.24. The molecular weight excluding hydrogens is 322 g/mol. The summed E-state index contributed by atoms with van der Waals surface area (Å²) in [7, 11) is 0. The van der Waals surface area contributed by atoms with Crippen LogP contribution in [0.4, 0.5) is 11.4 Å². The van der Waals surface area contributed by atoms with Gasteiger partial charge in [-0.15, -0.1) is 0 Å². The van der Waals surface area contributed by atoms with Crippen LogP contribution in [0.5, 0.6) is 0 Å². The minimum absolute atomic E-state index is 0.385. The SMILES string of the molecule is OC(CBr)CN1c2ccccc2Sc2ccccc21. The fourth-order valence-corrected chi connectivity index (χ4v) is 3.54. The normalized spacial score (nSPS) is 14.7. The van der Waals surface area contributed by atoms with Crippen LogP contribution in [0, 0.1) is 0 Å². The smallest absolute Gasteiger partial charge is 0.0815 e. The predicted molar refractivity (Wildman–Crippen MR) is 83.8 cm³/mol. The Labute approximate surface area is 125 Å². The molecule has 1 atom stereocenters. The summed E-state index contributed by atoms with van der Waals surface area (Å²) in [6.45, 7) is 0.597. The fraction of sp³-hybridized carbons (Fsp3) is 0.200. The number of para-hydroxylation sites is 2. The first-order valence-electron chi connectivity index (χ1n) is 6.17. The lowest BCUT2D eigenvalue weighted by Crippen LogP contribution is -2.31. The molecule has 2 aromatic rings. The van der Waals surface area contributed by atoms with Crippen molar-refractivity contribution in [1.29, 1.82) is 0 Å². The highest BCUT2D eigenvalue weighted by Crippen LogP contribution is 2.47. The lowest BCUT2D eigenvalue weighted by molar-refractivity contribution is 0.208. The molecule has 0 radical (unpaired) electrons. The number of halogens is 1. The third-order valence-electron chi connectivity index (χ3n) is 3.10. The molecule has 1 unspecified atom stereocenters. The van der Waals surface area contributed by atoms with Crippen LogP contribution < -0.4 is 4.90 Å². The van der Waals surface area contributed by atoms with E-state index in [2.05, 4.69) is 57.2 Å². The standard InChI is InChI=1S/C15H14BrNOS/c16-9-11(18)10-17-12-5-1-3-7-14(12)19-15-8-4-2-6-13(15)17/h1-8,11,18H,9-10H2. The molecule has 0 saturated heterocycles. The van der Waals surface area contributed by atoms with Gasteiger partial charge in [0.1, 0.15) is 0 Å². The van der Waals surface area contributed by atoms with E-state index in [0.29, 0.717) is 11.9 Å². The van der Waals surface area contributed by atoms with Gasteiger partial charge in [0.25, 0.3) is 0 Å². The van der Waals surface area contributed by atoms with Crippen LogP contribution in [0.2, 0.25) is 0 Å². The largest absolute Gasteiger partial charge is 0.390 e. The molecular formula is C15H14BrNOS. The van der Waals surface area contributed by atoms with Crippen LogP contribution >= 0.6 is 27.7 Å². The van der Waals surface area contributed by atoms with Gasteiger partial charge < -0.3 is 10.0 Å². The van der Waals surface area contributed by atoms with Crippen LogP contribution in [-0.4, -0.2) is 23.1 Å². The maximum atomic E-state index is 9.97. The highest BCUT2D eigenvalue weighted by molar-refractivity contribution is 9.09. The van der Waals surface area contributed by atoms with Crippen molar-refractivity contribution >= 4 is 39.1 Å². The zero-order chi connectivity index (χ0) is 13.2. The summed E-state index contributed by atoms with van der Waals surface area (Å²) in [5.74, 6) is 0. The van der Waals surface area contributed by atoms with Crippen molar-refractivity contribution in [2.45, 2.75) is 15.9 Å². The third-order valence-corrected chi connectivity index (χ3v) is 4.98. The van der Waals surface area contributed by atoms with E-state index in [1.54, 1.807) is 11.8 Å². The van der Waals surface area contributed by atoms with Crippen molar-refractivity contribution in [3.63, 3.8) is 0 Å². The van der Waals surface area contributed by atoms with Crippen molar-refractivity contribution in [1.82, 2.24) is 0 Å². The van der Waals surface area contributed by atoms with Gasteiger partial charge in [-0.3, -0.25) is 0 Å². The number of rotatable bonds is 3. The van der Waals surface area contributed by atoms with Gasteiger partial charge in [0.05, 0.1) is 24.0 Å². The second-order valence-electron chi connectivity index (χ2n) is 4.46. The number of benzene rings is 2. The van der Waals surface area contributed by atoms with Crippen LogP contribution in [-0.2, 0) is 0 Å². The van der Waals surface area contributed by atoms with Crippen molar-refractivity contribution < 1.29 is 5.11 Å². The molecule has 2 nitrogen and oxygen atoms in total. The van der Waals surface area contributed by atoms with Crippen LogP contribution in [0.15, 0.2) is 58.3 Å². The van der Waals surface area contributed by atoms with Gasteiger partial charge in [0, 0.05) is 15.1 Å². The van der Waals surface area contributed by atoms with E-state index < -0.39 is 0 Å². The van der Waals surface area contributed by atoms with Crippen molar-refractivity contribution in [2.24, 2.45) is 0 Å². The molecule has 0 aliphatic carbocycles. The molecule has 0 fully saturated rings. The second kappa shape index (κ2) is 5.57. The third kappa shape index (κ3) is 2.53. The molecule has 1 aliphatic heterocycles. The van der Waals surface area contributed by atoms with Crippen molar-refractivity contribution in [2.75, 3.05) is 16.8 Å². The van der Waals surface area contributed by atoms with Crippen molar-refractivity contribution in [3.8, 4) is 0 Å². The van der Waals surface area contributed by atoms with Crippen LogP contribution in [0.25, 0.3) is 0 Å². The lowest BCUT2D eigenvalue weighted by Gasteiger charge is -2.33. The summed E-state index contributed by atoms with van der Waals surface area (Å²) in [6.07, 6.45) is -0.385. The van der Waals surface area contributed by atoms with Gasteiger partial charge >= 0.3 is 0 Å². The Hall–Kier alpha value is -0.970. The molecule has 3 rings (SSSR count). The molecule has 0 saturated carbocycles. The number of alkyl halides is 1. The number of β-amino-alcohol motifs (C(OH)–C–C–N with tert-alkyl or cyclic N) is 1. The molecule has 98 valence electrons. The van der Waals surface area contributed by atoms with E-state index in [-0.39, 0.29) is 6.10 Å². The molecule has 1 aliphatic rings. The maximum absolute atomic E-state index is 9.97. The van der Waals surface area contributed by atoms with E-state index in [1.165, 1.54) is 21.2 Å². The van der Waals surface area contributed by atoms with E-state index in [4.69, 9.17) is 0 Å². The van der Waals surface area contributed by atoms with E-state index in [9.17, 15) is 5.11 Å². The molecule has 19 heavy (non-hydrogen) atoms. The number of aliphatic hydroxyl groups is 1. The minimum atomic E-state index is -0.385. The second-order valence-corrected chi connectivity index (χ2v) is 6.19. The number of nitrogens with zero attached hydrogens (tertiary/aromatic N) is 1. The highest BCUT2D eigenvalue weighted by Gasteiger charge is 2.24. The molecule has 0 spiro atoms. The average molecular weight is 336 g/mol. The van der Waals surface area contributed by atoms with Gasteiger partial charge in [-0.25, -0.2) is 0 Å². The first-order chi connectivity index (χ1) is 9.29. The Morgan fingerprint density at radius 3 is 2.05 bits per heavy atom. The van der Waals surface area contributed by atoms with E-state index in [1.807, 2.05) is 12.1 Å². The Morgan fingerprint density at radius 2 is 1.53 bits per heavy atom. The highest BCUT2D eigenvalue weighted by atomic mass is 79.9. The topological polar surface area (TPSA) is 23.5 Å². The predicted octanol–water partition coefficient (Wildman–Crippen LogP) is 4.05. The number of hydrogen-bond acceptors (Lipinski definition) is 3. The van der Waals surface area contributed by atoms with Gasteiger partial charge in [-0.1, -0.05) is 52.0 Å². The lowest BCUT2D eigenvalue weighted by atomic mass is 10.2. The van der Waals surface area contributed by atoms with Gasteiger partial charge in [-0.05, 0) is 24.3 Å². The first-order valence-corrected chi connectivity index (χ1v) is 8.11. The molecule has 2 aromatic carbocycles.